The first-order valence-electron chi connectivity index (χ1n) is 5.68. The van der Waals surface area contributed by atoms with Crippen LogP contribution in [-0.4, -0.2) is 49.0 Å². The van der Waals surface area contributed by atoms with Crippen molar-refractivity contribution in [3.05, 3.63) is 6.07 Å². The molecule has 1 aromatic rings. The SMILES string of the molecule is COc1cc(N2CCNC(C)C2)nc(SC)n1. The number of aromatic nitrogens is 2. The molecular formula is C11H18N4OS. The van der Waals surface area contributed by atoms with Gasteiger partial charge in [0, 0.05) is 31.7 Å². The van der Waals surface area contributed by atoms with Gasteiger partial charge < -0.3 is 15.0 Å². The molecule has 6 heteroatoms. The minimum atomic E-state index is 0.488. The van der Waals surface area contributed by atoms with Crippen molar-refractivity contribution in [1.82, 2.24) is 15.3 Å². The molecule has 1 aliphatic heterocycles. The Labute approximate surface area is 106 Å². The molecule has 0 aliphatic carbocycles. The van der Waals surface area contributed by atoms with Gasteiger partial charge in [-0.1, -0.05) is 11.8 Å². The van der Waals surface area contributed by atoms with E-state index in [4.69, 9.17) is 4.74 Å². The molecule has 5 nitrogen and oxygen atoms in total. The minimum Gasteiger partial charge on any atom is -0.481 e. The first kappa shape index (κ1) is 12.4. The summed E-state index contributed by atoms with van der Waals surface area (Å²) in [6.45, 7) is 5.11. The Kier molecular flexibility index (Phi) is 4.06. The smallest absolute Gasteiger partial charge is 0.219 e. The summed E-state index contributed by atoms with van der Waals surface area (Å²) in [6.07, 6.45) is 1.97. The van der Waals surface area contributed by atoms with Gasteiger partial charge in [0.2, 0.25) is 5.88 Å². The van der Waals surface area contributed by atoms with Crippen molar-refractivity contribution in [2.24, 2.45) is 0 Å². The molecule has 1 fully saturated rings. The van der Waals surface area contributed by atoms with Crippen LogP contribution in [0, 0.1) is 0 Å². The van der Waals surface area contributed by atoms with Gasteiger partial charge in [0.15, 0.2) is 5.16 Å². The molecule has 0 aromatic carbocycles. The first-order valence-corrected chi connectivity index (χ1v) is 6.91. The van der Waals surface area contributed by atoms with Crippen LogP contribution in [0.3, 0.4) is 0 Å². The second-order valence-corrected chi connectivity index (χ2v) is 4.83. The van der Waals surface area contributed by atoms with Crippen molar-refractivity contribution in [3.63, 3.8) is 0 Å². The number of nitrogens with one attached hydrogen (secondary N) is 1. The van der Waals surface area contributed by atoms with Crippen LogP contribution in [0.5, 0.6) is 5.88 Å². The third kappa shape index (κ3) is 3.01. The fourth-order valence-electron chi connectivity index (χ4n) is 1.89. The average Bonchev–Trinajstić information content (AvgIpc) is 2.38. The van der Waals surface area contributed by atoms with Gasteiger partial charge in [0.1, 0.15) is 5.82 Å². The summed E-state index contributed by atoms with van der Waals surface area (Å²) in [5.74, 6) is 1.58. The van der Waals surface area contributed by atoms with Gasteiger partial charge in [-0.25, -0.2) is 4.98 Å². The van der Waals surface area contributed by atoms with Crippen LogP contribution in [0.25, 0.3) is 0 Å². The molecule has 1 atom stereocenters. The fourth-order valence-corrected chi connectivity index (χ4v) is 2.26. The van der Waals surface area contributed by atoms with Crippen LogP contribution in [0.1, 0.15) is 6.92 Å². The van der Waals surface area contributed by atoms with E-state index in [0.717, 1.165) is 30.6 Å². The molecule has 1 saturated heterocycles. The van der Waals surface area contributed by atoms with Crippen LogP contribution >= 0.6 is 11.8 Å². The highest BCUT2D eigenvalue weighted by atomic mass is 32.2. The summed E-state index contributed by atoms with van der Waals surface area (Å²) in [6, 6.07) is 2.39. The van der Waals surface area contributed by atoms with Crippen molar-refractivity contribution < 1.29 is 4.74 Å². The number of thioether (sulfide) groups is 1. The molecule has 0 spiro atoms. The van der Waals surface area contributed by atoms with E-state index < -0.39 is 0 Å². The van der Waals surface area contributed by atoms with Crippen LogP contribution in [0.15, 0.2) is 11.2 Å². The van der Waals surface area contributed by atoms with Gasteiger partial charge in [-0.3, -0.25) is 0 Å². The summed E-state index contributed by atoms with van der Waals surface area (Å²) < 4.78 is 5.21. The van der Waals surface area contributed by atoms with Crippen molar-refractivity contribution >= 4 is 17.6 Å². The Morgan fingerprint density at radius 1 is 1.53 bits per heavy atom. The molecular weight excluding hydrogens is 236 g/mol. The van der Waals surface area contributed by atoms with Crippen LogP contribution in [0.4, 0.5) is 5.82 Å². The predicted molar refractivity (Wildman–Crippen MR) is 70.0 cm³/mol. The molecule has 94 valence electrons. The molecule has 0 saturated carbocycles. The molecule has 17 heavy (non-hydrogen) atoms. The van der Waals surface area contributed by atoms with E-state index in [-0.39, 0.29) is 0 Å². The lowest BCUT2D eigenvalue weighted by molar-refractivity contribution is 0.391. The minimum absolute atomic E-state index is 0.488. The number of hydrogen-bond acceptors (Lipinski definition) is 6. The van der Waals surface area contributed by atoms with Crippen LogP contribution < -0.4 is 15.0 Å². The molecule has 1 N–H and O–H groups in total. The molecule has 2 rings (SSSR count). The van der Waals surface area contributed by atoms with E-state index in [1.54, 1.807) is 7.11 Å². The zero-order valence-corrected chi connectivity index (χ0v) is 11.3. The quantitative estimate of drug-likeness (QED) is 0.641. The van der Waals surface area contributed by atoms with Crippen LogP contribution in [0.2, 0.25) is 0 Å². The number of rotatable bonds is 3. The Balaban J connectivity index is 2.23. The topological polar surface area (TPSA) is 50.3 Å². The highest BCUT2D eigenvalue weighted by Gasteiger charge is 2.18. The summed E-state index contributed by atoms with van der Waals surface area (Å²) in [5, 5.41) is 4.17. The second-order valence-electron chi connectivity index (χ2n) is 4.06. The normalized spacial score (nSPS) is 20.4. The van der Waals surface area contributed by atoms with Crippen LogP contribution in [-0.2, 0) is 0 Å². The maximum Gasteiger partial charge on any atom is 0.219 e. The third-order valence-electron chi connectivity index (χ3n) is 2.75. The Morgan fingerprint density at radius 3 is 3.00 bits per heavy atom. The zero-order chi connectivity index (χ0) is 12.3. The number of methoxy groups -OCH3 is 1. The number of piperazine rings is 1. The average molecular weight is 254 g/mol. The molecule has 2 heterocycles. The Bertz CT molecular complexity index is 365. The second kappa shape index (κ2) is 5.55. The van der Waals surface area contributed by atoms with Gasteiger partial charge in [-0.05, 0) is 13.2 Å². The number of anilines is 1. The van der Waals surface area contributed by atoms with Gasteiger partial charge in [-0.2, -0.15) is 4.98 Å². The zero-order valence-electron chi connectivity index (χ0n) is 10.4. The first-order chi connectivity index (χ1) is 8.22. The number of nitrogens with zero attached hydrogens (tertiary/aromatic N) is 3. The lowest BCUT2D eigenvalue weighted by Gasteiger charge is -2.32. The molecule has 0 radical (unpaired) electrons. The standard InChI is InChI=1S/C11H18N4OS/c1-8-7-15(5-4-12-8)9-6-10(16-2)14-11(13-9)17-3/h6,8,12H,4-5,7H2,1-3H3. The predicted octanol–water partition coefficient (Wildman–Crippen LogP) is 1.01. The third-order valence-corrected chi connectivity index (χ3v) is 3.30. The van der Waals surface area contributed by atoms with Crippen molar-refractivity contribution in [3.8, 4) is 5.88 Å². The van der Waals surface area contributed by atoms with E-state index in [1.807, 2.05) is 12.3 Å². The number of hydrogen-bond donors (Lipinski definition) is 1. The Hall–Kier alpha value is -1.01. The van der Waals surface area contributed by atoms with Gasteiger partial charge >= 0.3 is 0 Å². The van der Waals surface area contributed by atoms with Gasteiger partial charge in [-0.15, -0.1) is 0 Å². The largest absolute Gasteiger partial charge is 0.481 e. The Morgan fingerprint density at radius 2 is 2.35 bits per heavy atom. The van der Waals surface area contributed by atoms with Crippen molar-refractivity contribution in [1.29, 1.82) is 0 Å². The molecule has 0 bridgehead atoms. The monoisotopic (exact) mass is 254 g/mol. The summed E-state index contributed by atoms with van der Waals surface area (Å²) >= 11 is 1.53. The number of ether oxygens (including phenoxy) is 1. The van der Waals surface area contributed by atoms with E-state index in [2.05, 4.69) is 27.1 Å². The molecule has 1 unspecified atom stereocenters. The van der Waals surface area contributed by atoms with Gasteiger partial charge in [0.05, 0.1) is 7.11 Å². The van der Waals surface area contributed by atoms with Crippen molar-refractivity contribution in [2.45, 2.75) is 18.1 Å². The van der Waals surface area contributed by atoms with E-state index in [9.17, 15) is 0 Å². The lowest BCUT2D eigenvalue weighted by Crippen LogP contribution is -2.49. The fraction of sp³-hybridized carbons (Fsp3) is 0.636. The van der Waals surface area contributed by atoms with E-state index in [1.165, 1.54) is 11.8 Å². The summed E-state index contributed by atoms with van der Waals surface area (Å²) in [5.41, 5.74) is 0. The lowest BCUT2D eigenvalue weighted by atomic mass is 10.2. The summed E-state index contributed by atoms with van der Waals surface area (Å²) in [4.78, 5) is 11.1. The molecule has 1 aromatic heterocycles. The highest BCUT2D eigenvalue weighted by molar-refractivity contribution is 7.98. The van der Waals surface area contributed by atoms with Gasteiger partial charge in [0.25, 0.3) is 0 Å². The van der Waals surface area contributed by atoms with Crippen molar-refractivity contribution in [2.75, 3.05) is 37.9 Å². The van der Waals surface area contributed by atoms with E-state index in [0.29, 0.717) is 11.9 Å². The summed E-state index contributed by atoms with van der Waals surface area (Å²) in [7, 11) is 1.64. The van der Waals surface area contributed by atoms with E-state index >= 15 is 0 Å². The maximum absolute atomic E-state index is 5.21. The maximum atomic E-state index is 5.21. The molecule has 1 aliphatic rings. The highest BCUT2D eigenvalue weighted by Crippen LogP contribution is 2.22. The molecule has 0 amide bonds.